The summed E-state index contributed by atoms with van der Waals surface area (Å²) in [5.41, 5.74) is 22.1. The number of rotatable bonds is 10. The molecule has 4 heterocycles. The highest BCUT2D eigenvalue weighted by Gasteiger charge is 2.18. The Morgan fingerprint density at radius 2 is 0.438 bits per heavy atom. The fraction of sp³-hybridized carbons (Fsp3) is 0. The van der Waals surface area contributed by atoms with E-state index in [1.165, 1.54) is 0 Å². The van der Waals surface area contributed by atoms with Crippen molar-refractivity contribution in [2.45, 2.75) is 0 Å². The number of fused-ring (bicyclic) bond motifs is 3. The molecule has 0 saturated heterocycles. The summed E-state index contributed by atoms with van der Waals surface area (Å²) in [6.45, 7) is 0. The van der Waals surface area contributed by atoms with Gasteiger partial charge in [-0.1, -0.05) is 206 Å². The van der Waals surface area contributed by atoms with Crippen LogP contribution in [0.2, 0.25) is 0 Å². The van der Waals surface area contributed by atoms with Crippen LogP contribution in [0.5, 0.6) is 0 Å². The molecule has 0 aliphatic rings. The van der Waals surface area contributed by atoms with Crippen molar-refractivity contribution in [3.05, 3.63) is 279 Å². The van der Waals surface area contributed by atoms with Crippen LogP contribution >= 0.6 is 0 Å². The van der Waals surface area contributed by atoms with Gasteiger partial charge in [0, 0.05) is 49.8 Å². The van der Waals surface area contributed by atoms with Gasteiger partial charge in [-0.05, 0) is 106 Å². The predicted octanol–water partition coefficient (Wildman–Crippen LogP) is 18.0. The molecule has 0 aliphatic carbocycles. The third-order valence-electron chi connectivity index (χ3n) is 13.8. The highest BCUT2D eigenvalue weighted by Crippen LogP contribution is 2.40. The van der Waals surface area contributed by atoms with E-state index in [2.05, 4.69) is 271 Å². The Hall–Kier alpha value is -9.77. The number of aromatic nitrogens is 4. The van der Waals surface area contributed by atoms with E-state index in [0.29, 0.717) is 0 Å². The van der Waals surface area contributed by atoms with Crippen LogP contribution in [0.25, 0.3) is 128 Å². The van der Waals surface area contributed by atoms with Crippen LogP contribution < -0.4 is 0 Å². The van der Waals surface area contributed by atoms with E-state index in [9.17, 15) is 0 Å². The van der Waals surface area contributed by atoms with Gasteiger partial charge in [-0.3, -0.25) is 0 Å². The third-order valence-corrected chi connectivity index (χ3v) is 13.8. The minimum absolute atomic E-state index is 0.934. The lowest BCUT2D eigenvalue weighted by atomic mass is 9.97. The molecule has 342 valence electrons. The Bertz CT molecular complexity index is 3720. The topological polar surface area (TPSA) is 43.6 Å². The van der Waals surface area contributed by atoms with Gasteiger partial charge in [0.15, 0.2) is 0 Å². The minimum Gasteiger partial charge on any atom is -0.309 e. The second-order valence-corrected chi connectivity index (χ2v) is 18.4. The first-order valence-electron chi connectivity index (χ1n) is 24.7. The van der Waals surface area contributed by atoms with Crippen LogP contribution in [0.4, 0.5) is 0 Å². The number of hydrogen-bond acceptors (Lipinski definition) is 3. The van der Waals surface area contributed by atoms with Crippen molar-refractivity contribution >= 4 is 21.8 Å². The molecule has 0 N–H and O–H groups in total. The van der Waals surface area contributed by atoms with Gasteiger partial charge in [-0.25, -0.2) is 15.0 Å². The summed E-state index contributed by atoms with van der Waals surface area (Å²) >= 11 is 0. The molecule has 4 aromatic heterocycles. The first-order chi connectivity index (χ1) is 36.1. The third kappa shape index (κ3) is 8.58. The van der Waals surface area contributed by atoms with E-state index in [4.69, 9.17) is 15.0 Å². The molecule has 13 aromatic rings. The molecular weight excluding hydrogens is 885 g/mol. The summed E-state index contributed by atoms with van der Waals surface area (Å²) in [5.74, 6) is 0. The molecule has 13 rings (SSSR count). The van der Waals surface area contributed by atoms with Crippen LogP contribution in [0.1, 0.15) is 0 Å². The normalized spacial score (nSPS) is 11.3. The van der Waals surface area contributed by atoms with Crippen molar-refractivity contribution in [2.24, 2.45) is 0 Å². The first kappa shape index (κ1) is 43.3. The molecule has 9 aromatic carbocycles. The lowest BCUT2D eigenvalue weighted by Crippen LogP contribution is -1.95. The zero-order valence-electron chi connectivity index (χ0n) is 39.8. The van der Waals surface area contributed by atoms with Gasteiger partial charge >= 0.3 is 0 Å². The van der Waals surface area contributed by atoms with Crippen LogP contribution in [-0.2, 0) is 0 Å². The highest BCUT2D eigenvalue weighted by atomic mass is 15.0. The average molecular weight is 931 g/mol. The Labute approximate surface area is 424 Å². The van der Waals surface area contributed by atoms with Gasteiger partial charge in [-0.2, -0.15) is 0 Å². The van der Waals surface area contributed by atoms with Crippen LogP contribution in [0.15, 0.2) is 279 Å². The monoisotopic (exact) mass is 930 g/mol. The van der Waals surface area contributed by atoms with Crippen molar-refractivity contribution in [1.82, 2.24) is 19.5 Å². The van der Waals surface area contributed by atoms with E-state index in [1.54, 1.807) is 0 Å². The summed E-state index contributed by atoms with van der Waals surface area (Å²) in [5, 5.41) is 2.32. The largest absolute Gasteiger partial charge is 0.309 e. The molecular formula is C69H46N4. The second kappa shape index (κ2) is 18.9. The molecule has 73 heavy (non-hydrogen) atoms. The maximum absolute atomic E-state index is 5.22. The quantitative estimate of drug-likeness (QED) is 0.137. The smallest absolute Gasteiger partial charge is 0.0715 e. The Morgan fingerprint density at radius 1 is 0.192 bits per heavy atom. The number of nitrogens with zero attached hydrogens (tertiary/aromatic N) is 4. The van der Waals surface area contributed by atoms with Gasteiger partial charge in [0.25, 0.3) is 0 Å². The van der Waals surface area contributed by atoms with Crippen LogP contribution in [-0.4, -0.2) is 19.5 Å². The number of benzene rings is 9. The molecule has 0 atom stereocenters. The molecule has 0 amide bonds. The zero-order chi connectivity index (χ0) is 48.5. The maximum atomic E-state index is 5.22. The molecule has 0 saturated carbocycles. The lowest BCUT2D eigenvalue weighted by Gasteiger charge is -2.13. The predicted molar refractivity (Wildman–Crippen MR) is 303 cm³/mol. The van der Waals surface area contributed by atoms with E-state index in [0.717, 1.165) is 128 Å². The maximum Gasteiger partial charge on any atom is 0.0715 e. The lowest BCUT2D eigenvalue weighted by molar-refractivity contribution is 1.18. The first-order valence-corrected chi connectivity index (χ1v) is 24.7. The van der Waals surface area contributed by atoms with Crippen molar-refractivity contribution < 1.29 is 0 Å². The molecule has 4 heteroatoms. The molecule has 0 fully saturated rings. The van der Waals surface area contributed by atoms with Gasteiger partial charge in [0.1, 0.15) is 0 Å². The van der Waals surface area contributed by atoms with E-state index in [1.807, 2.05) is 12.1 Å². The molecule has 4 nitrogen and oxygen atoms in total. The fourth-order valence-electron chi connectivity index (χ4n) is 10.1. The summed E-state index contributed by atoms with van der Waals surface area (Å²) in [4.78, 5) is 15.6. The van der Waals surface area contributed by atoms with E-state index >= 15 is 0 Å². The van der Waals surface area contributed by atoms with Gasteiger partial charge in [-0.15, -0.1) is 0 Å². The van der Waals surface area contributed by atoms with E-state index in [-0.39, 0.29) is 0 Å². The Kier molecular flexibility index (Phi) is 11.2. The number of hydrogen-bond donors (Lipinski definition) is 0. The minimum atomic E-state index is 0.934. The fourth-order valence-corrected chi connectivity index (χ4v) is 10.1. The highest BCUT2D eigenvalue weighted by molar-refractivity contribution is 6.12. The van der Waals surface area contributed by atoms with Crippen molar-refractivity contribution in [3.8, 4) is 107 Å². The van der Waals surface area contributed by atoms with Crippen molar-refractivity contribution in [1.29, 1.82) is 0 Å². The summed E-state index contributed by atoms with van der Waals surface area (Å²) < 4.78 is 2.41. The van der Waals surface area contributed by atoms with Crippen LogP contribution in [0, 0.1) is 0 Å². The van der Waals surface area contributed by atoms with E-state index < -0.39 is 0 Å². The van der Waals surface area contributed by atoms with Gasteiger partial charge in [0.05, 0.1) is 45.2 Å². The Balaban J connectivity index is 0.990. The van der Waals surface area contributed by atoms with Crippen LogP contribution in [0.3, 0.4) is 0 Å². The zero-order valence-corrected chi connectivity index (χ0v) is 39.8. The standard InChI is InChI=1S/C69H46N4/c1-7-19-48(20-8-1)62-41-56(42-63(70-62)49-21-9-2-10-22-49)47-31-35-59(36-32-47)73-68-37-33-54(57-43-64(50-23-11-3-12-24-50)71-65(44-57)51-25-13-4-14-26-51)39-60(68)61-40-55(34-38-69(61)73)58-45-66(52-27-15-5-16-28-52)72-67(46-58)53-29-17-6-18-30-53/h1-46H. The summed E-state index contributed by atoms with van der Waals surface area (Å²) in [6, 6.07) is 98.9. The summed E-state index contributed by atoms with van der Waals surface area (Å²) in [6.07, 6.45) is 0. The van der Waals surface area contributed by atoms with Crippen molar-refractivity contribution in [3.63, 3.8) is 0 Å². The second-order valence-electron chi connectivity index (χ2n) is 18.4. The Morgan fingerprint density at radius 3 is 0.712 bits per heavy atom. The summed E-state index contributed by atoms with van der Waals surface area (Å²) in [7, 11) is 0. The SMILES string of the molecule is c1ccc(-c2cc(-c3ccc(-n4c5ccc(-c6cc(-c7ccccc7)nc(-c7ccccc7)c6)cc5c5cc(-c6cc(-c7ccccc7)nc(-c7ccccc7)c6)ccc54)cc3)cc(-c3ccccc3)n2)cc1. The molecule has 0 aliphatic heterocycles. The van der Waals surface area contributed by atoms with Crippen molar-refractivity contribution in [2.75, 3.05) is 0 Å². The molecule has 0 unspecified atom stereocenters. The van der Waals surface area contributed by atoms with Gasteiger partial charge in [0.2, 0.25) is 0 Å². The van der Waals surface area contributed by atoms with Gasteiger partial charge < -0.3 is 4.57 Å². The molecule has 0 spiro atoms. The molecule has 0 bridgehead atoms. The average Bonchev–Trinajstić information content (AvgIpc) is 3.81. The number of pyridine rings is 3. The molecule has 0 radical (unpaired) electrons.